The van der Waals surface area contributed by atoms with Crippen molar-refractivity contribution in [2.24, 2.45) is 5.92 Å². The zero-order chi connectivity index (χ0) is 19.3. The molecule has 0 saturated carbocycles. The monoisotopic (exact) mass is 370 g/mol. The van der Waals surface area contributed by atoms with Crippen LogP contribution >= 0.6 is 0 Å². The molecule has 142 valence electrons. The van der Waals surface area contributed by atoms with Gasteiger partial charge in [0.15, 0.2) is 6.10 Å². The van der Waals surface area contributed by atoms with Gasteiger partial charge in [-0.25, -0.2) is 13.2 Å². The van der Waals surface area contributed by atoms with Gasteiger partial charge in [-0.1, -0.05) is 18.7 Å². The number of aliphatic hydroxyl groups is 1. The summed E-state index contributed by atoms with van der Waals surface area (Å²) in [6.45, 7) is 3.07. The number of halogens is 3. The molecule has 2 amide bonds. The van der Waals surface area contributed by atoms with Crippen LogP contribution in [0.3, 0.4) is 0 Å². The Bertz CT molecular complexity index is 664. The lowest BCUT2D eigenvalue weighted by molar-refractivity contribution is -0.130. The van der Waals surface area contributed by atoms with Gasteiger partial charge in [0.25, 0.3) is 11.8 Å². The molecule has 0 aliphatic carbocycles. The smallest absolute Gasteiger partial charge is 0.254 e. The van der Waals surface area contributed by atoms with E-state index in [9.17, 15) is 27.9 Å². The number of carbonyl (C=O) groups excluding carboxylic acids is 2. The summed E-state index contributed by atoms with van der Waals surface area (Å²) in [7, 11) is 0. The Morgan fingerprint density at radius 2 is 2.00 bits per heavy atom. The van der Waals surface area contributed by atoms with Crippen molar-refractivity contribution in [1.29, 1.82) is 0 Å². The van der Waals surface area contributed by atoms with Gasteiger partial charge in [-0.05, 0) is 30.2 Å². The molecule has 0 radical (unpaired) electrons. The van der Waals surface area contributed by atoms with Crippen LogP contribution in [0.15, 0.2) is 36.9 Å². The standard InChI is InChI=1S/C18H21F3N2O3/c1-2-15(24)23-9-7-13(18(20,21)8-10-23)11-22-17(26)16(25)12-3-5-14(19)6-4-12/h2-6,13,16,25H,1,7-11H2,(H,22,26)/t13?,16-/m1/s1. The average Bonchev–Trinajstić information content (AvgIpc) is 2.77. The third-order valence-electron chi connectivity index (χ3n) is 4.50. The first-order valence-electron chi connectivity index (χ1n) is 8.25. The van der Waals surface area contributed by atoms with Crippen LogP contribution in [0.5, 0.6) is 0 Å². The summed E-state index contributed by atoms with van der Waals surface area (Å²) in [6, 6.07) is 4.68. The predicted octanol–water partition coefficient (Wildman–Crippen LogP) is 2.04. The quantitative estimate of drug-likeness (QED) is 0.780. The molecule has 1 aliphatic heterocycles. The normalized spacial score (nSPS) is 20.8. The lowest BCUT2D eigenvalue weighted by Gasteiger charge is -2.25. The number of carbonyl (C=O) groups is 2. The molecule has 2 N–H and O–H groups in total. The van der Waals surface area contributed by atoms with E-state index < -0.39 is 42.0 Å². The summed E-state index contributed by atoms with van der Waals surface area (Å²) < 4.78 is 41.4. The van der Waals surface area contributed by atoms with Gasteiger partial charge in [0.2, 0.25) is 5.91 Å². The van der Waals surface area contributed by atoms with Crippen molar-refractivity contribution in [1.82, 2.24) is 10.2 Å². The first-order valence-corrected chi connectivity index (χ1v) is 8.25. The third-order valence-corrected chi connectivity index (χ3v) is 4.50. The second kappa shape index (κ2) is 8.35. The maximum absolute atomic E-state index is 14.3. The summed E-state index contributed by atoms with van der Waals surface area (Å²) in [5.41, 5.74) is 0.166. The molecule has 8 heteroatoms. The minimum absolute atomic E-state index is 0.0134. The molecular formula is C18H21F3N2O3. The number of nitrogens with zero attached hydrogens (tertiary/aromatic N) is 1. The van der Waals surface area contributed by atoms with Crippen molar-refractivity contribution in [2.45, 2.75) is 24.9 Å². The van der Waals surface area contributed by atoms with Gasteiger partial charge in [-0.3, -0.25) is 9.59 Å². The van der Waals surface area contributed by atoms with Gasteiger partial charge in [0.05, 0.1) is 0 Å². The third kappa shape index (κ3) is 4.85. The van der Waals surface area contributed by atoms with Crippen molar-refractivity contribution in [3.05, 3.63) is 48.3 Å². The Balaban J connectivity index is 1.96. The largest absolute Gasteiger partial charge is 0.378 e. The molecule has 26 heavy (non-hydrogen) atoms. The zero-order valence-electron chi connectivity index (χ0n) is 14.1. The number of nitrogens with one attached hydrogen (secondary N) is 1. The van der Waals surface area contributed by atoms with Crippen molar-refractivity contribution in [3.63, 3.8) is 0 Å². The highest BCUT2D eigenvalue weighted by molar-refractivity contribution is 5.87. The van der Waals surface area contributed by atoms with E-state index in [4.69, 9.17) is 0 Å². The maximum Gasteiger partial charge on any atom is 0.254 e. The second-order valence-corrected chi connectivity index (χ2v) is 6.23. The summed E-state index contributed by atoms with van der Waals surface area (Å²) in [4.78, 5) is 24.9. The number of amides is 2. The first-order chi connectivity index (χ1) is 12.2. The molecule has 1 unspecified atom stereocenters. The van der Waals surface area contributed by atoms with Crippen LogP contribution < -0.4 is 5.32 Å². The van der Waals surface area contributed by atoms with E-state index in [0.29, 0.717) is 0 Å². The highest BCUT2D eigenvalue weighted by Crippen LogP contribution is 2.33. The number of alkyl halides is 2. The Hall–Kier alpha value is -2.35. The number of aliphatic hydroxyl groups excluding tert-OH is 1. The number of rotatable bonds is 5. The van der Waals surface area contributed by atoms with Crippen molar-refractivity contribution >= 4 is 11.8 Å². The van der Waals surface area contributed by atoms with Crippen LogP contribution in [-0.4, -0.2) is 47.4 Å². The fourth-order valence-corrected chi connectivity index (χ4v) is 2.84. The molecule has 1 fully saturated rings. The Morgan fingerprint density at radius 3 is 2.62 bits per heavy atom. The summed E-state index contributed by atoms with van der Waals surface area (Å²) in [6.07, 6.45) is -0.985. The Kier molecular flexibility index (Phi) is 6.42. The van der Waals surface area contributed by atoms with E-state index in [1.54, 1.807) is 0 Å². The molecule has 1 saturated heterocycles. The fourth-order valence-electron chi connectivity index (χ4n) is 2.84. The molecule has 0 spiro atoms. The van der Waals surface area contributed by atoms with Gasteiger partial charge < -0.3 is 15.3 Å². The summed E-state index contributed by atoms with van der Waals surface area (Å²) in [5, 5.41) is 12.3. The number of likely N-dealkylation sites (tertiary alicyclic amines) is 1. The molecule has 0 bridgehead atoms. The molecule has 1 heterocycles. The minimum Gasteiger partial charge on any atom is -0.378 e. The molecule has 2 atom stereocenters. The van der Waals surface area contributed by atoms with Crippen LogP contribution in [0.1, 0.15) is 24.5 Å². The van der Waals surface area contributed by atoms with E-state index in [0.717, 1.165) is 18.2 Å². The lowest BCUT2D eigenvalue weighted by atomic mass is 9.96. The number of benzene rings is 1. The number of hydrogen-bond acceptors (Lipinski definition) is 3. The second-order valence-electron chi connectivity index (χ2n) is 6.23. The molecule has 1 aromatic rings. The fraction of sp³-hybridized carbons (Fsp3) is 0.444. The van der Waals surface area contributed by atoms with Crippen LogP contribution in [0.4, 0.5) is 13.2 Å². The topological polar surface area (TPSA) is 69.6 Å². The molecule has 5 nitrogen and oxygen atoms in total. The van der Waals surface area contributed by atoms with E-state index in [-0.39, 0.29) is 31.6 Å². The van der Waals surface area contributed by atoms with Crippen molar-refractivity contribution in [2.75, 3.05) is 19.6 Å². The SMILES string of the molecule is C=CC(=O)N1CCC(CNC(=O)[C@H](O)c2ccc(F)cc2)C(F)(F)CC1. The molecule has 1 aromatic carbocycles. The van der Waals surface area contributed by atoms with E-state index >= 15 is 0 Å². The van der Waals surface area contributed by atoms with Crippen LogP contribution in [0, 0.1) is 11.7 Å². The van der Waals surface area contributed by atoms with E-state index in [1.807, 2.05) is 0 Å². The zero-order valence-corrected chi connectivity index (χ0v) is 14.1. The molecular weight excluding hydrogens is 349 g/mol. The highest BCUT2D eigenvalue weighted by atomic mass is 19.3. The predicted molar refractivity (Wildman–Crippen MR) is 88.8 cm³/mol. The highest BCUT2D eigenvalue weighted by Gasteiger charge is 2.42. The van der Waals surface area contributed by atoms with Gasteiger partial charge >= 0.3 is 0 Å². The molecule has 1 aliphatic rings. The van der Waals surface area contributed by atoms with Gasteiger partial charge in [0.1, 0.15) is 5.82 Å². The summed E-state index contributed by atoms with van der Waals surface area (Å²) >= 11 is 0. The Labute approximate surface area is 149 Å². The van der Waals surface area contributed by atoms with Crippen molar-refractivity contribution < 1.29 is 27.9 Å². The van der Waals surface area contributed by atoms with Gasteiger partial charge in [-0.2, -0.15) is 0 Å². The average molecular weight is 370 g/mol. The minimum atomic E-state index is -3.05. The lowest BCUT2D eigenvalue weighted by Crippen LogP contribution is -2.40. The first kappa shape index (κ1) is 20.0. The van der Waals surface area contributed by atoms with Crippen LogP contribution in [0.25, 0.3) is 0 Å². The van der Waals surface area contributed by atoms with Crippen LogP contribution in [-0.2, 0) is 9.59 Å². The Morgan fingerprint density at radius 1 is 1.35 bits per heavy atom. The van der Waals surface area contributed by atoms with Crippen molar-refractivity contribution in [3.8, 4) is 0 Å². The maximum atomic E-state index is 14.3. The van der Waals surface area contributed by atoms with Gasteiger partial charge in [-0.15, -0.1) is 0 Å². The molecule has 2 rings (SSSR count). The van der Waals surface area contributed by atoms with Gasteiger partial charge in [0, 0.05) is 32.0 Å². The van der Waals surface area contributed by atoms with Crippen LogP contribution in [0.2, 0.25) is 0 Å². The molecule has 0 aromatic heterocycles. The summed E-state index contributed by atoms with van der Waals surface area (Å²) in [5.74, 6) is -5.97. The number of hydrogen-bond donors (Lipinski definition) is 2. The van der Waals surface area contributed by atoms with E-state index in [1.165, 1.54) is 17.0 Å². The van der Waals surface area contributed by atoms with E-state index in [2.05, 4.69) is 11.9 Å².